The van der Waals surface area contributed by atoms with E-state index in [1.54, 1.807) is 0 Å². The Morgan fingerprint density at radius 2 is 2.25 bits per heavy atom. The van der Waals surface area contributed by atoms with Gasteiger partial charge in [-0.1, -0.05) is 0 Å². The molecule has 0 fully saturated rings. The molecular weight excluding hydrogens is 217 g/mol. The molecule has 0 unspecified atom stereocenters. The Labute approximate surface area is 90.3 Å². The number of anilines is 1. The van der Waals surface area contributed by atoms with Crippen LogP contribution in [0.2, 0.25) is 0 Å². The average molecular weight is 227 g/mol. The number of pyridine rings is 1. The largest absolute Gasteiger partial charge is 0.478 e. The van der Waals surface area contributed by atoms with E-state index in [0.717, 1.165) is 12.3 Å². The van der Waals surface area contributed by atoms with Crippen molar-refractivity contribution in [2.75, 3.05) is 11.9 Å². The molecule has 4 N–H and O–H groups in total. The van der Waals surface area contributed by atoms with E-state index >= 15 is 0 Å². The molecule has 0 radical (unpaired) electrons. The van der Waals surface area contributed by atoms with E-state index < -0.39 is 17.7 Å². The Morgan fingerprint density at radius 1 is 1.56 bits per heavy atom. The number of primary amides is 1. The second-order valence-electron chi connectivity index (χ2n) is 3.00. The molecule has 0 aromatic carbocycles. The number of aromatic carboxylic acids is 1. The predicted octanol–water partition coefficient (Wildman–Crippen LogP) is 0.206. The van der Waals surface area contributed by atoms with E-state index in [2.05, 4.69) is 10.3 Å². The molecule has 1 amide bonds. The maximum atomic E-state index is 12.7. The highest BCUT2D eigenvalue weighted by molar-refractivity contribution is 5.93. The Morgan fingerprint density at radius 3 is 2.81 bits per heavy atom. The van der Waals surface area contributed by atoms with Crippen molar-refractivity contribution < 1.29 is 19.1 Å². The fourth-order valence-electron chi connectivity index (χ4n) is 1.05. The van der Waals surface area contributed by atoms with Crippen molar-refractivity contribution >= 4 is 17.7 Å². The summed E-state index contributed by atoms with van der Waals surface area (Å²) in [6, 6.07) is 0.849. The number of aromatic nitrogens is 1. The lowest BCUT2D eigenvalue weighted by molar-refractivity contribution is -0.117. The molecule has 0 atom stereocenters. The Bertz CT molecular complexity index is 422. The second kappa shape index (κ2) is 5.06. The summed E-state index contributed by atoms with van der Waals surface area (Å²) in [6.45, 7) is 0.147. The number of carboxylic acid groups (broad SMARTS) is 1. The molecule has 0 saturated carbocycles. The number of carbonyl (C=O) groups is 2. The molecular formula is C9H10FN3O3. The van der Waals surface area contributed by atoms with Crippen LogP contribution >= 0.6 is 0 Å². The van der Waals surface area contributed by atoms with Crippen molar-refractivity contribution in [1.29, 1.82) is 0 Å². The van der Waals surface area contributed by atoms with Gasteiger partial charge in [0.05, 0.1) is 6.20 Å². The summed E-state index contributed by atoms with van der Waals surface area (Å²) in [5.74, 6) is -2.55. The molecule has 0 saturated heterocycles. The van der Waals surface area contributed by atoms with Crippen molar-refractivity contribution in [1.82, 2.24) is 4.98 Å². The van der Waals surface area contributed by atoms with Gasteiger partial charge in [0.1, 0.15) is 17.2 Å². The third-order valence-electron chi connectivity index (χ3n) is 1.75. The van der Waals surface area contributed by atoms with E-state index in [9.17, 15) is 14.0 Å². The van der Waals surface area contributed by atoms with E-state index in [1.165, 1.54) is 0 Å². The van der Waals surface area contributed by atoms with Crippen molar-refractivity contribution in [2.24, 2.45) is 5.73 Å². The van der Waals surface area contributed by atoms with Gasteiger partial charge in [-0.3, -0.25) is 4.79 Å². The number of nitrogens with two attached hydrogens (primary N) is 1. The van der Waals surface area contributed by atoms with Gasteiger partial charge in [0.15, 0.2) is 0 Å². The molecule has 16 heavy (non-hydrogen) atoms. The lowest BCUT2D eigenvalue weighted by Gasteiger charge is -2.06. The zero-order chi connectivity index (χ0) is 12.1. The Balaban J connectivity index is 2.78. The number of nitrogens with one attached hydrogen (secondary N) is 1. The van der Waals surface area contributed by atoms with E-state index in [0.29, 0.717) is 0 Å². The average Bonchev–Trinajstić information content (AvgIpc) is 2.19. The van der Waals surface area contributed by atoms with Gasteiger partial charge in [-0.15, -0.1) is 0 Å². The minimum atomic E-state index is -1.30. The number of hydrogen-bond acceptors (Lipinski definition) is 4. The number of carboxylic acids is 1. The molecule has 0 aliphatic rings. The molecule has 86 valence electrons. The Hall–Kier alpha value is -2.18. The number of carbonyl (C=O) groups excluding carboxylic acids is 1. The lowest BCUT2D eigenvalue weighted by Crippen LogP contribution is -2.17. The summed E-state index contributed by atoms with van der Waals surface area (Å²) in [5, 5.41) is 11.4. The van der Waals surface area contributed by atoms with Gasteiger partial charge < -0.3 is 16.2 Å². The first-order valence-electron chi connectivity index (χ1n) is 4.41. The van der Waals surface area contributed by atoms with Gasteiger partial charge in [-0.05, 0) is 6.07 Å². The molecule has 0 spiro atoms. The molecule has 0 aliphatic heterocycles. The first kappa shape index (κ1) is 11.9. The monoisotopic (exact) mass is 227 g/mol. The van der Waals surface area contributed by atoms with Gasteiger partial charge in [-0.2, -0.15) is 0 Å². The van der Waals surface area contributed by atoms with Crippen LogP contribution < -0.4 is 11.1 Å². The maximum absolute atomic E-state index is 12.7. The highest BCUT2D eigenvalue weighted by Crippen LogP contribution is 2.13. The highest BCUT2D eigenvalue weighted by atomic mass is 19.1. The fraction of sp³-hybridized carbons (Fsp3) is 0.222. The van der Waals surface area contributed by atoms with Crippen LogP contribution in [0.4, 0.5) is 10.2 Å². The molecule has 6 nitrogen and oxygen atoms in total. The van der Waals surface area contributed by atoms with Crippen LogP contribution in [0.1, 0.15) is 16.8 Å². The molecule has 7 heteroatoms. The van der Waals surface area contributed by atoms with Crippen LogP contribution in [-0.4, -0.2) is 28.5 Å². The minimum absolute atomic E-state index is 0.00940. The fourth-order valence-corrected chi connectivity index (χ4v) is 1.05. The predicted molar refractivity (Wildman–Crippen MR) is 53.5 cm³/mol. The summed E-state index contributed by atoms with van der Waals surface area (Å²) in [7, 11) is 0. The number of hydrogen-bond donors (Lipinski definition) is 3. The summed E-state index contributed by atoms with van der Waals surface area (Å²) >= 11 is 0. The summed E-state index contributed by atoms with van der Waals surface area (Å²) in [4.78, 5) is 24.8. The van der Waals surface area contributed by atoms with Crippen LogP contribution in [0.25, 0.3) is 0 Å². The minimum Gasteiger partial charge on any atom is -0.478 e. The molecule has 0 aliphatic carbocycles. The van der Waals surface area contributed by atoms with Gasteiger partial charge in [0.25, 0.3) is 0 Å². The highest BCUT2D eigenvalue weighted by Gasteiger charge is 2.12. The Kier molecular flexibility index (Phi) is 3.76. The van der Waals surface area contributed by atoms with Crippen molar-refractivity contribution in [3.05, 3.63) is 23.6 Å². The molecule has 0 bridgehead atoms. The van der Waals surface area contributed by atoms with Gasteiger partial charge in [0.2, 0.25) is 5.91 Å². The van der Waals surface area contributed by atoms with Gasteiger partial charge in [0, 0.05) is 13.0 Å². The second-order valence-corrected chi connectivity index (χ2v) is 3.00. The van der Waals surface area contributed by atoms with Crippen LogP contribution in [0.3, 0.4) is 0 Å². The smallest absolute Gasteiger partial charge is 0.339 e. The van der Waals surface area contributed by atoms with Crippen LogP contribution in [0.5, 0.6) is 0 Å². The van der Waals surface area contributed by atoms with Crippen LogP contribution in [0.15, 0.2) is 12.3 Å². The van der Waals surface area contributed by atoms with Crippen molar-refractivity contribution in [3.8, 4) is 0 Å². The topological polar surface area (TPSA) is 105 Å². The quantitative estimate of drug-likeness (QED) is 0.666. The van der Waals surface area contributed by atoms with E-state index in [1.807, 2.05) is 0 Å². The standard InChI is InChI=1S/C9H10FN3O3/c10-5-3-6(9(15)16)8(13-4-5)12-2-1-7(11)14/h3-4H,1-2H2,(H2,11,14)(H,12,13)(H,15,16). The SMILES string of the molecule is NC(=O)CCNc1ncc(F)cc1C(=O)O. The van der Waals surface area contributed by atoms with E-state index in [-0.39, 0.29) is 24.3 Å². The van der Waals surface area contributed by atoms with Crippen molar-refractivity contribution in [2.45, 2.75) is 6.42 Å². The maximum Gasteiger partial charge on any atom is 0.339 e. The van der Waals surface area contributed by atoms with Crippen LogP contribution in [0, 0.1) is 5.82 Å². The summed E-state index contributed by atoms with van der Waals surface area (Å²) < 4.78 is 12.7. The normalized spacial score (nSPS) is 9.81. The first-order chi connectivity index (χ1) is 7.50. The van der Waals surface area contributed by atoms with E-state index in [4.69, 9.17) is 10.8 Å². The molecule has 1 heterocycles. The molecule has 1 aromatic heterocycles. The first-order valence-corrected chi connectivity index (χ1v) is 4.41. The number of amides is 1. The zero-order valence-corrected chi connectivity index (χ0v) is 8.24. The molecule has 1 rings (SSSR count). The van der Waals surface area contributed by atoms with Crippen LogP contribution in [-0.2, 0) is 4.79 Å². The lowest BCUT2D eigenvalue weighted by atomic mass is 10.2. The summed E-state index contributed by atoms with van der Waals surface area (Å²) in [6.07, 6.45) is 0.928. The molecule has 1 aromatic rings. The summed E-state index contributed by atoms with van der Waals surface area (Å²) in [5.41, 5.74) is 4.62. The zero-order valence-electron chi connectivity index (χ0n) is 8.24. The number of halogens is 1. The van der Waals surface area contributed by atoms with Gasteiger partial charge >= 0.3 is 5.97 Å². The van der Waals surface area contributed by atoms with Crippen molar-refractivity contribution in [3.63, 3.8) is 0 Å². The third kappa shape index (κ3) is 3.19. The third-order valence-corrected chi connectivity index (χ3v) is 1.75. The van der Waals surface area contributed by atoms with Gasteiger partial charge in [-0.25, -0.2) is 14.2 Å². The number of nitrogens with zero attached hydrogens (tertiary/aromatic N) is 1. The number of rotatable bonds is 5.